The zero-order chi connectivity index (χ0) is 22.6. The number of rotatable bonds is 6. The third-order valence-corrected chi connectivity index (χ3v) is 7.46. The molecule has 0 atom stereocenters. The summed E-state index contributed by atoms with van der Waals surface area (Å²) in [6, 6.07) is 11.8. The summed E-state index contributed by atoms with van der Waals surface area (Å²) < 4.78 is 35.3. The van der Waals surface area contributed by atoms with Gasteiger partial charge in [-0.15, -0.1) is 0 Å². The summed E-state index contributed by atoms with van der Waals surface area (Å²) >= 11 is 0. The van der Waals surface area contributed by atoms with Crippen molar-refractivity contribution in [3.8, 4) is 11.4 Å². The second-order valence-corrected chi connectivity index (χ2v) is 9.53. The van der Waals surface area contributed by atoms with Crippen LogP contribution in [0.1, 0.15) is 36.0 Å². The first-order valence-corrected chi connectivity index (χ1v) is 12.0. The topological polar surface area (TPSA) is 93.5 Å². The van der Waals surface area contributed by atoms with Crippen LogP contribution in [0.4, 0.5) is 5.69 Å². The minimum atomic E-state index is -3.78. The molecule has 1 aliphatic rings. The molecule has 0 aliphatic carbocycles. The minimum Gasteiger partial charge on any atom is -0.495 e. The highest BCUT2D eigenvalue weighted by Gasteiger charge is 2.29. The van der Waals surface area contributed by atoms with Crippen molar-refractivity contribution < 1.29 is 17.9 Å². The van der Waals surface area contributed by atoms with E-state index in [1.807, 2.05) is 18.2 Å². The molecule has 2 aromatic carbocycles. The van der Waals surface area contributed by atoms with Crippen LogP contribution in [0.25, 0.3) is 5.69 Å². The van der Waals surface area contributed by atoms with Crippen LogP contribution in [-0.2, 0) is 10.0 Å². The minimum absolute atomic E-state index is 0.0115. The van der Waals surface area contributed by atoms with Crippen molar-refractivity contribution in [2.75, 3.05) is 25.5 Å². The molecule has 0 radical (unpaired) electrons. The maximum atomic E-state index is 13.4. The molecular weight excluding hydrogens is 428 g/mol. The second-order valence-electron chi connectivity index (χ2n) is 7.63. The number of para-hydroxylation sites is 2. The predicted molar refractivity (Wildman–Crippen MR) is 122 cm³/mol. The van der Waals surface area contributed by atoms with Gasteiger partial charge in [0.1, 0.15) is 10.6 Å². The lowest BCUT2D eigenvalue weighted by molar-refractivity contribution is 0.102. The Morgan fingerprint density at radius 2 is 1.81 bits per heavy atom. The molecule has 3 aromatic rings. The van der Waals surface area contributed by atoms with Crippen molar-refractivity contribution in [2.24, 2.45) is 0 Å². The standard InChI is InChI=1S/C23H26N4O4S/c1-31-21-11-10-18(16-22(21)32(29,30)27-13-6-2-3-7-14-27)23(28)25-19-8-4-5-9-20(19)26-15-12-24-17-26/h4-5,8-12,15-17H,2-3,6-7,13-14H2,1H3,(H,25,28). The number of benzene rings is 2. The highest BCUT2D eigenvalue weighted by molar-refractivity contribution is 7.89. The van der Waals surface area contributed by atoms with E-state index in [1.54, 1.807) is 35.4 Å². The Balaban J connectivity index is 1.65. The number of nitrogens with one attached hydrogen (secondary N) is 1. The van der Waals surface area contributed by atoms with Gasteiger partial charge >= 0.3 is 0 Å². The normalized spacial score (nSPS) is 15.2. The van der Waals surface area contributed by atoms with Crippen LogP contribution in [0.3, 0.4) is 0 Å². The molecule has 1 amide bonds. The molecule has 9 heteroatoms. The molecule has 0 saturated carbocycles. The molecule has 8 nitrogen and oxygen atoms in total. The molecule has 1 N–H and O–H groups in total. The van der Waals surface area contributed by atoms with Gasteiger partial charge in [0.25, 0.3) is 5.91 Å². The molecule has 0 bridgehead atoms. The highest BCUT2D eigenvalue weighted by atomic mass is 32.2. The fourth-order valence-electron chi connectivity index (χ4n) is 3.84. The summed E-state index contributed by atoms with van der Waals surface area (Å²) in [5.74, 6) is -0.183. The Kier molecular flexibility index (Phi) is 6.57. The van der Waals surface area contributed by atoms with Gasteiger partial charge in [-0.1, -0.05) is 25.0 Å². The van der Waals surface area contributed by atoms with E-state index >= 15 is 0 Å². The highest BCUT2D eigenvalue weighted by Crippen LogP contribution is 2.30. The lowest BCUT2D eigenvalue weighted by atomic mass is 10.2. The van der Waals surface area contributed by atoms with Gasteiger partial charge < -0.3 is 14.6 Å². The van der Waals surface area contributed by atoms with Crippen molar-refractivity contribution in [3.05, 3.63) is 66.7 Å². The lowest BCUT2D eigenvalue weighted by Crippen LogP contribution is -2.32. The molecule has 0 unspecified atom stereocenters. The van der Waals surface area contributed by atoms with Crippen molar-refractivity contribution in [1.29, 1.82) is 0 Å². The van der Waals surface area contributed by atoms with E-state index in [2.05, 4.69) is 10.3 Å². The maximum absolute atomic E-state index is 13.4. The fraction of sp³-hybridized carbons (Fsp3) is 0.304. The average molecular weight is 455 g/mol. The number of aromatic nitrogens is 2. The molecule has 1 saturated heterocycles. The number of ether oxygens (including phenoxy) is 1. The van der Waals surface area contributed by atoms with Crippen LogP contribution < -0.4 is 10.1 Å². The van der Waals surface area contributed by atoms with Gasteiger partial charge in [-0.05, 0) is 43.2 Å². The van der Waals surface area contributed by atoms with E-state index < -0.39 is 15.9 Å². The average Bonchev–Trinajstić information content (AvgIpc) is 3.20. The summed E-state index contributed by atoms with van der Waals surface area (Å²) in [5.41, 5.74) is 1.58. The predicted octanol–water partition coefficient (Wildman–Crippen LogP) is 3.70. The van der Waals surface area contributed by atoms with Crippen LogP contribution in [0.5, 0.6) is 5.75 Å². The Morgan fingerprint density at radius 3 is 2.50 bits per heavy atom. The van der Waals surface area contributed by atoms with Crippen LogP contribution in [-0.4, -0.2) is 48.4 Å². The van der Waals surface area contributed by atoms with E-state index in [-0.39, 0.29) is 16.2 Å². The van der Waals surface area contributed by atoms with Crippen molar-refractivity contribution in [1.82, 2.24) is 13.9 Å². The SMILES string of the molecule is COc1ccc(C(=O)Nc2ccccc2-n2ccnc2)cc1S(=O)(=O)N1CCCCCC1. The second kappa shape index (κ2) is 9.54. The molecular formula is C23H26N4O4S. The summed E-state index contributed by atoms with van der Waals surface area (Å²) in [4.78, 5) is 17.1. The van der Waals surface area contributed by atoms with Gasteiger partial charge in [-0.2, -0.15) is 4.31 Å². The van der Waals surface area contributed by atoms with E-state index in [1.165, 1.54) is 23.5 Å². The largest absolute Gasteiger partial charge is 0.495 e. The Hall–Kier alpha value is -3.17. The zero-order valence-electron chi connectivity index (χ0n) is 17.9. The molecule has 168 valence electrons. The Bertz CT molecular complexity index is 1180. The van der Waals surface area contributed by atoms with Crippen molar-refractivity contribution in [3.63, 3.8) is 0 Å². The van der Waals surface area contributed by atoms with E-state index in [9.17, 15) is 13.2 Å². The summed E-state index contributed by atoms with van der Waals surface area (Å²) in [6.45, 7) is 0.945. The number of carbonyl (C=O) groups excluding carboxylic acids is 1. The van der Waals surface area contributed by atoms with Crippen molar-refractivity contribution in [2.45, 2.75) is 30.6 Å². The third kappa shape index (κ3) is 4.53. The van der Waals surface area contributed by atoms with Gasteiger partial charge in [0.15, 0.2) is 0 Å². The van der Waals surface area contributed by atoms with Crippen LogP contribution in [0.2, 0.25) is 0 Å². The van der Waals surface area contributed by atoms with Gasteiger partial charge in [-0.3, -0.25) is 4.79 Å². The first-order valence-electron chi connectivity index (χ1n) is 10.6. The number of imidazole rings is 1. The van der Waals surface area contributed by atoms with Gasteiger partial charge in [0, 0.05) is 31.0 Å². The van der Waals surface area contributed by atoms with E-state index in [4.69, 9.17) is 4.74 Å². The van der Waals surface area contributed by atoms with Crippen LogP contribution in [0, 0.1) is 0 Å². The number of hydrogen-bond donors (Lipinski definition) is 1. The molecule has 32 heavy (non-hydrogen) atoms. The summed E-state index contributed by atoms with van der Waals surface area (Å²) in [7, 11) is -2.36. The monoisotopic (exact) mass is 454 g/mol. The fourth-order valence-corrected chi connectivity index (χ4v) is 5.54. The van der Waals surface area contributed by atoms with Crippen LogP contribution >= 0.6 is 0 Å². The van der Waals surface area contributed by atoms with Gasteiger partial charge in [0.05, 0.1) is 24.8 Å². The molecule has 1 aliphatic heterocycles. The Morgan fingerprint density at radius 1 is 1.06 bits per heavy atom. The number of amides is 1. The third-order valence-electron chi connectivity index (χ3n) is 5.54. The van der Waals surface area contributed by atoms with E-state index in [0.29, 0.717) is 18.8 Å². The quantitative estimate of drug-likeness (QED) is 0.613. The van der Waals surface area contributed by atoms with Crippen molar-refractivity contribution >= 4 is 21.6 Å². The molecule has 1 fully saturated rings. The van der Waals surface area contributed by atoms with Crippen LogP contribution in [0.15, 0.2) is 66.1 Å². The molecule has 1 aromatic heterocycles. The molecule has 4 rings (SSSR count). The number of hydrogen-bond acceptors (Lipinski definition) is 5. The summed E-state index contributed by atoms with van der Waals surface area (Å²) in [6.07, 6.45) is 8.76. The number of nitrogens with zero attached hydrogens (tertiary/aromatic N) is 3. The Labute approximate surface area is 187 Å². The molecule has 2 heterocycles. The van der Waals surface area contributed by atoms with Gasteiger partial charge in [0.2, 0.25) is 10.0 Å². The first kappa shape index (κ1) is 22.0. The zero-order valence-corrected chi connectivity index (χ0v) is 18.7. The molecule has 0 spiro atoms. The summed E-state index contributed by atoms with van der Waals surface area (Å²) in [5, 5.41) is 2.88. The number of carbonyl (C=O) groups is 1. The smallest absolute Gasteiger partial charge is 0.255 e. The number of anilines is 1. The number of sulfonamides is 1. The van der Waals surface area contributed by atoms with E-state index in [0.717, 1.165) is 31.4 Å². The maximum Gasteiger partial charge on any atom is 0.255 e. The first-order chi connectivity index (χ1) is 15.5. The number of methoxy groups -OCH3 is 1. The lowest BCUT2D eigenvalue weighted by Gasteiger charge is -2.21. The van der Waals surface area contributed by atoms with Gasteiger partial charge in [-0.25, -0.2) is 13.4 Å².